The minimum absolute atomic E-state index is 0.00906. The number of benzene rings is 1. The van der Waals surface area contributed by atoms with Crippen LogP contribution in [0.25, 0.3) is 0 Å². The number of aromatic nitrogens is 2. The average molecular weight is 315 g/mol. The Morgan fingerprint density at radius 3 is 2.76 bits per heavy atom. The Morgan fingerprint density at radius 2 is 2.10 bits per heavy atom. The number of ether oxygens (including phenoxy) is 2. The highest BCUT2D eigenvalue weighted by molar-refractivity contribution is 6.28. The van der Waals surface area contributed by atoms with Gasteiger partial charge in [-0.2, -0.15) is 9.37 Å². The highest BCUT2D eigenvalue weighted by atomic mass is 35.5. The average Bonchev–Trinajstić information content (AvgIpc) is 2.45. The van der Waals surface area contributed by atoms with Crippen LogP contribution in [-0.2, 0) is 16.0 Å². The fraction of sp³-hybridized carbons (Fsp3) is 0.154. The second-order valence-electron chi connectivity index (χ2n) is 3.90. The molecular formula is C13H9ClF2N2O3. The molecule has 8 heteroatoms. The molecule has 0 saturated heterocycles. The number of methoxy groups -OCH3 is 1. The minimum Gasteiger partial charge on any atom is -0.469 e. The molecule has 0 atom stereocenters. The summed E-state index contributed by atoms with van der Waals surface area (Å²) in [5.41, 5.74) is 0.135. The molecule has 21 heavy (non-hydrogen) atoms. The highest BCUT2D eigenvalue weighted by Gasteiger charge is 2.12. The molecule has 0 aliphatic heterocycles. The molecule has 0 aliphatic carbocycles. The van der Waals surface area contributed by atoms with Crippen molar-refractivity contribution < 1.29 is 23.0 Å². The summed E-state index contributed by atoms with van der Waals surface area (Å²) in [6.07, 6.45) is 0.628. The van der Waals surface area contributed by atoms with Gasteiger partial charge in [-0.25, -0.2) is 9.37 Å². The summed E-state index contributed by atoms with van der Waals surface area (Å²) in [5, 5.41) is -0.200. The van der Waals surface area contributed by atoms with Crippen molar-refractivity contribution in [1.82, 2.24) is 9.97 Å². The van der Waals surface area contributed by atoms with E-state index >= 15 is 0 Å². The Morgan fingerprint density at radius 1 is 1.33 bits per heavy atom. The number of esters is 1. The van der Waals surface area contributed by atoms with Crippen LogP contribution in [0.3, 0.4) is 0 Å². The van der Waals surface area contributed by atoms with Gasteiger partial charge in [0.05, 0.1) is 19.7 Å². The molecule has 0 bridgehead atoms. The Hall–Kier alpha value is -2.28. The first-order chi connectivity index (χ1) is 9.99. The van der Waals surface area contributed by atoms with Gasteiger partial charge in [-0.1, -0.05) is 6.07 Å². The monoisotopic (exact) mass is 314 g/mol. The number of nitrogens with zero attached hydrogens (tertiary/aromatic N) is 2. The van der Waals surface area contributed by atoms with Gasteiger partial charge in [-0.3, -0.25) is 4.79 Å². The summed E-state index contributed by atoms with van der Waals surface area (Å²) >= 11 is 5.52. The predicted molar refractivity (Wildman–Crippen MR) is 69.2 cm³/mol. The summed E-state index contributed by atoms with van der Waals surface area (Å²) in [6.45, 7) is 0. The fourth-order valence-corrected chi connectivity index (χ4v) is 1.60. The van der Waals surface area contributed by atoms with Crippen molar-refractivity contribution in [3.05, 3.63) is 46.9 Å². The highest BCUT2D eigenvalue weighted by Crippen LogP contribution is 2.25. The van der Waals surface area contributed by atoms with Crippen molar-refractivity contribution in [2.75, 3.05) is 7.11 Å². The molecule has 2 rings (SSSR count). The van der Waals surface area contributed by atoms with E-state index in [1.165, 1.54) is 19.2 Å². The van der Waals surface area contributed by atoms with Crippen molar-refractivity contribution in [1.29, 1.82) is 0 Å². The molecule has 0 radical (unpaired) electrons. The predicted octanol–water partition coefficient (Wildman–Crippen LogP) is 2.92. The Kier molecular flexibility index (Phi) is 4.64. The third kappa shape index (κ3) is 3.85. The summed E-state index contributed by atoms with van der Waals surface area (Å²) in [5.74, 6) is -2.50. The molecule has 2 aromatic rings. The van der Waals surface area contributed by atoms with Crippen LogP contribution in [0.5, 0.6) is 11.6 Å². The Labute approximate surface area is 123 Å². The van der Waals surface area contributed by atoms with E-state index in [4.69, 9.17) is 16.3 Å². The van der Waals surface area contributed by atoms with Crippen LogP contribution in [-0.4, -0.2) is 23.0 Å². The number of rotatable bonds is 4. The maximum absolute atomic E-state index is 13.8. The van der Waals surface area contributed by atoms with Gasteiger partial charge in [-0.05, 0) is 23.2 Å². The molecule has 0 N–H and O–H groups in total. The second kappa shape index (κ2) is 6.45. The van der Waals surface area contributed by atoms with Gasteiger partial charge in [0.25, 0.3) is 5.88 Å². The van der Waals surface area contributed by atoms with Gasteiger partial charge >= 0.3 is 5.97 Å². The number of hydrogen-bond acceptors (Lipinski definition) is 5. The molecule has 1 aromatic carbocycles. The van der Waals surface area contributed by atoms with Crippen LogP contribution in [0.4, 0.5) is 8.78 Å². The van der Waals surface area contributed by atoms with Gasteiger partial charge < -0.3 is 9.47 Å². The second-order valence-corrected chi connectivity index (χ2v) is 4.24. The van der Waals surface area contributed by atoms with E-state index in [0.717, 1.165) is 12.3 Å². The van der Waals surface area contributed by atoms with Crippen molar-refractivity contribution in [3.8, 4) is 11.6 Å². The first kappa shape index (κ1) is 15.1. The van der Waals surface area contributed by atoms with E-state index < -0.39 is 23.5 Å². The van der Waals surface area contributed by atoms with Crippen LogP contribution in [0.1, 0.15) is 5.56 Å². The maximum Gasteiger partial charge on any atom is 0.310 e. The first-order valence-electron chi connectivity index (χ1n) is 5.70. The lowest BCUT2D eigenvalue weighted by atomic mass is 10.1. The van der Waals surface area contributed by atoms with E-state index in [9.17, 15) is 13.6 Å². The summed E-state index contributed by atoms with van der Waals surface area (Å²) < 4.78 is 36.7. The zero-order valence-electron chi connectivity index (χ0n) is 10.8. The standard InChI is InChI=1S/C13H9ClF2N2O3/c1-20-11(19)4-7-2-3-8(5-9(7)15)21-12-10(16)6-17-13(14)18-12/h2-3,5-6H,4H2,1H3. The van der Waals surface area contributed by atoms with Crippen LogP contribution in [0.15, 0.2) is 24.4 Å². The van der Waals surface area contributed by atoms with Crippen LogP contribution in [0.2, 0.25) is 5.28 Å². The fourth-order valence-electron chi connectivity index (χ4n) is 1.48. The molecule has 0 spiro atoms. The van der Waals surface area contributed by atoms with E-state index in [1.54, 1.807) is 0 Å². The normalized spacial score (nSPS) is 10.3. The molecule has 0 amide bonds. The van der Waals surface area contributed by atoms with Crippen LogP contribution < -0.4 is 4.74 Å². The maximum atomic E-state index is 13.8. The van der Waals surface area contributed by atoms with Gasteiger partial charge in [0.1, 0.15) is 11.6 Å². The Bertz CT molecular complexity index is 682. The van der Waals surface area contributed by atoms with Crippen molar-refractivity contribution in [2.24, 2.45) is 0 Å². The molecule has 0 saturated carbocycles. The summed E-state index contributed by atoms with van der Waals surface area (Å²) in [7, 11) is 1.21. The third-order valence-corrected chi connectivity index (χ3v) is 2.67. The first-order valence-corrected chi connectivity index (χ1v) is 6.08. The SMILES string of the molecule is COC(=O)Cc1ccc(Oc2nc(Cl)ncc2F)cc1F. The number of halogens is 3. The minimum atomic E-state index is -0.835. The molecule has 0 aliphatic rings. The van der Waals surface area contributed by atoms with E-state index in [2.05, 4.69) is 14.7 Å². The summed E-state index contributed by atoms with van der Waals surface area (Å²) in [4.78, 5) is 18.1. The smallest absolute Gasteiger partial charge is 0.310 e. The topological polar surface area (TPSA) is 61.3 Å². The molecule has 0 fully saturated rings. The molecule has 110 valence electrons. The van der Waals surface area contributed by atoms with Crippen molar-refractivity contribution in [3.63, 3.8) is 0 Å². The molecule has 0 unspecified atom stereocenters. The Balaban J connectivity index is 2.20. The lowest BCUT2D eigenvalue weighted by Gasteiger charge is -2.07. The molecule has 5 nitrogen and oxygen atoms in total. The van der Waals surface area contributed by atoms with Crippen molar-refractivity contribution in [2.45, 2.75) is 6.42 Å². The third-order valence-electron chi connectivity index (χ3n) is 2.48. The quantitative estimate of drug-likeness (QED) is 0.641. The molecular weight excluding hydrogens is 306 g/mol. The van der Waals surface area contributed by atoms with Crippen molar-refractivity contribution >= 4 is 17.6 Å². The van der Waals surface area contributed by atoms with Gasteiger partial charge in [0, 0.05) is 6.07 Å². The number of hydrogen-bond donors (Lipinski definition) is 0. The zero-order chi connectivity index (χ0) is 15.4. The lowest BCUT2D eigenvalue weighted by Crippen LogP contribution is -2.06. The number of carbonyl (C=O) groups is 1. The van der Waals surface area contributed by atoms with E-state index in [1.807, 2.05) is 0 Å². The lowest BCUT2D eigenvalue weighted by molar-refractivity contribution is -0.139. The van der Waals surface area contributed by atoms with Gasteiger partial charge in [0.15, 0.2) is 0 Å². The summed E-state index contributed by atoms with van der Waals surface area (Å²) in [6, 6.07) is 3.72. The van der Waals surface area contributed by atoms with Crippen LogP contribution >= 0.6 is 11.6 Å². The zero-order valence-corrected chi connectivity index (χ0v) is 11.5. The van der Waals surface area contributed by atoms with Gasteiger partial charge in [-0.15, -0.1) is 0 Å². The van der Waals surface area contributed by atoms with Gasteiger partial charge in [0.2, 0.25) is 11.1 Å². The largest absolute Gasteiger partial charge is 0.469 e. The van der Waals surface area contributed by atoms with Crippen LogP contribution in [0, 0.1) is 11.6 Å². The van der Waals surface area contributed by atoms with E-state index in [0.29, 0.717) is 0 Å². The number of carbonyl (C=O) groups excluding carboxylic acids is 1. The van der Waals surface area contributed by atoms with E-state index in [-0.39, 0.29) is 23.0 Å². The molecule has 1 aromatic heterocycles. The molecule has 1 heterocycles.